The average molecular weight is 907 g/mol. The van der Waals surface area contributed by atoms with Gasteiger partial charge in [0, 0.05) is 137 Å². The van der Waals surface area contributed by atoms with E-state index < -0.39 is 64.4 Å². The Balaban J connectivity index is 9.80. The first-order valence-electron chi connectivity index (χ1n) is 21.6. The summed E-state index contributed by atoms with van der Waals surface area (Å²) in [7, 11) is 8.18. The van der Waals surface area contributed by atoms with Crippen LogP contribution in [0.25, 0.3) is 0 Å². The molecule has 0 aliphatic heterocycles. The Morgan fingerprint density at radius 2 is 0.500 bits per heavy atom. The fraction of sp³-hybridized carbons (Fsp3) is 0.977. The van der Waals surface area contributed by atoms with Crippen molar-refractivity contribution >= 4 is 5.78 Å². The summed E-state index contributed by atoms with van der Waals surface area (Å²) in [6, 6.07) is 0. The molecule has 0 saturated carbocycles. The monoisotopic (exact) mass is 907 g/mol. The van der Waals surface area contributed by atoms with Gasteiger partial charge in [-0.1, -0.05) is 26.7 Å². The van der Waals surface area contributed by atoms with Gasteiger partial charge in [-0.05, 0) is 55.4 Å². The Morgan fingerprint density at radius 1 is 0.323 bits per heavy atom. The molecule has 0 aliphatic carbocycles. The molecule has 0 aliphatic rings. The Labute approximate surface area is 372 Å². The molecular weight excluding hydrogens is 820 g/mol. The summed E-state index contributed by atoms with van der Waals surface area (Å²) in [6.07, 6.45) is 0.266. The second kappa shape index (κ2) is 25.7. The van der Waals surface area contributed by atoms with Crippen LogP contribution in [-0.4, -0.2) is 147 Å². The molecule has 0 N–H and O–H groups in total. The molecule has 372 valence electrons. The molecule has 8 unspecified atom stereocenters. The summed E-state index contributed by atoms with van der Waals surface area (Å²) in [6.45, 7) is 26.5. The third kappa shape index (κ3) is 15.0. The van der Waals surface area contributed by atoms with Crippen LogP contribution < -0.4 is 0 Å². The van der Waals surface area contributed by atoms with Crippen molar-refractivity contribution in [2.75, 3.05) is 82.3 Å². The van der Waals surface area contributed by atoms with Crippen LogP contribution in [0.1, 0.15) is 136 Å². The Bertz CT molecular complexity index is 1140. The molecule has 0 saturated heterocycles. The van der Waals surface area contributed by atoms with E-state index in [9.17, 15) is 0 Å². The number of carbonyl (C=O) groups is 1. The number of hydrogen-bond acceptors (Lipinski definition) is 19. The summed E-state index contributed by atoms with van der Waals surface area (Å²) in [5.74, 6) is -17.5. The minimum absolute atomic E-state index is 0.0630. The molecule has 62 heavy (non-hydrogen) atoms. The van der Waals surface area contributed by atoms with Crippen molar-refractivity contribution in [3.05, 3.63) is 0 Å². The van der Waals surface area contributed by atoms with E-state index in [4.69, 9.17) is 85.3 Å². The predicted octanol–water partition coefficient (Wildman–Crippen LogP) is 7.30. The number of ketones is 1. The molecule has 0 bridgehead atoms. The van der Waals surface area contributed by atoms with Crippen LogP contribution in [0.4, 0.5) is 0 Å². The van der Waals surface area contributed by atoms with E-state index in [2.05, 4.69) is 0 Å². The molecule has 0 rings (SSSR count). The van der Waals surface area contributed by atoms with Crippen molar-refractivity contribution in [2.24, 2.45) is 0 Å². The van der Waals surface area contributed by atoms with E-state index in [1.54, 1.807) is 41.5 Å². The zero-order chi connectivity index (χ0) is 48.4. The second-order valence-electron chi connectivity index (χ2n) is 15.0. The van der Waals surface area contributed by atoms with Crippen LogP contribution in [-0.2, 0) is 90.1 Å². The van der Waals surface area contributed by atoms with E-state index in [1.165, 1.54) is 98.0 Å². The lowest BCUT2D eigenvalue weighted by Crippen LogP contribution is -2.78. The van der Waals surface area contributed by atoms with Gasteiger partial charge in [-0.15, -0.1) is 0 Å². The highest BCUT2D eigenvalue weighted by Gasteiger charge is 2.74. The van der Waals surface area contributed by atoms with Gasteiger partial charge in [0.1, 0.15) is 0 Å². The van der Waals surface area contributed by atoms with Crippen LogP contribution in [0.2, 0.25) is 0 Å². The minimum Gasteiger partial charge on any atom is -0.331 e. The van der Waals surface area contributed by atoms with Gasteiger partial charge >= 0.3 is 0 Å². The number of ether oxygens (including phenoxy) is 18. The molecule has 0 spiro atoms. The van der Waals surface area contributed by atoms with Crippen molar-refractivity contribution < 1.29 is 90.1 Å². The topological polar surface area (TPSA) is 183 Å². The molecule has 0 aromatic heterocycles. The maximum absolute atomic E-state index is 17.1. The van der Waals surface area contributed by atoms with Crippen molar-refractivity contribution in [1.29, 1.82) is 0 Å². The number of Topliss-reactive ketones (excluding diaryl/α,β-unsaturated/α-hetero) is 1. The first-order chi connectivity index (χ1) is 28.7. The zero-order valence-electron chi connectivity index (χ0n) is 42.3. The number of carbonyl (C=O) groups excluding carboxylic acids is 1. The molecule has 8 atom stereocenters. The molecule has 0 heterocycles. The van der Waals surface area contributed by atoms with Crippen LogP contribution in [0, 0.1) is 0 Å². The van der Waals surface area contributed by atoms with E-state index >= 15 is 4.79 Å². The molecule has 0 aromatic carbocycles. The van der Waals surface area contributed by atoms with E-state index in [1.807, 2.05) is 13.8 Å². The molecule has 0 aromatic rings. The lowest BCUT2D eigenvalue weighted by molar-refractivity contribution is -0.537. The highest BCUT2D eigenvalue weighted by Crippen LogP contribution is 2.53. The molecule has 0 fully saturated rings. The number of hydrogen-bond donors (Lipinski definition) is 0. The van der Waals surface area contributed by atoms with Crippen molar-refractivity contribution in [1.82, 2.24) is 0 Å². The van der Waals surface area contributed by atoms with E-state index in [0.29, 0.717) is 0 Å². The highest BCUT2D eigenvalue weighted by molar-refractivity contribution is 5.96. The average Bonchev–Trinajstić information content (AvgIpc) is 3.20. The predicted molar refractivity (Wildman–Crippen MR) is 226 cm³/mol. The van der Waals surface area contributed by atoms with Crippen LogP contribution in [0.15, 0.2) is 0 Å². The lowest BCUT2D eigenvalue weighted by atomic mass is 9.74. The summed E-state index contributed by atoms with van der Waals surface area (Å²) in [5.41, 5.74) is -5.11. The quantitative estimate of drug-likeness (QED) is 0.0562. The fourth-order valence-corrected chi connectivity index (χ4v) is 7.11. The van der Waals surface area contributed by atoms with Crippen molar-refractivity contribution in [3.8, 4) is 0 Å². The molecule has 0 amide bonds. The van der Waals surface area contributed by atoms with Gasteiger partial charge < -0.3 is 66.3 Å². The summed E-state index contributed by atoms with van der Waals surface area (Å²) in [5, 5.41) is 0. The largest absolute Gasteiger partial charge is 0.331 e. The van der Waals surface area contributed by atoms with Gasteiger partial charge in [0.25, 0.3) is 35.8 Å². The number of methoxy groups -OCH3 is 6. The van der Waals surface area contributed by atoms with Crippen LogP contribution in [0.3, 0.4) is 0 Å². The Kier molecular flexibility index (Phi) is 25.3. The maximum Gasteiger partial charge on any atom is 0.282 e. The Hall–Kier alpha value is -1.05. The maximum atomic E-state index is 17.1. The molecule has 19 nitrogen and oxygen atoms in total. The first-order valence-corrected chi connectivity index (χ1v) is 21.6. The van der Waals surface area contributed by atoms with Gasteiger partial charge in [-0.25, -0.2) is 0 Å². The van der Waals surface area contributed by atoms with Crippen molar-refractivity contribution in [3.63, 3.8) is 0 Å². The lowest BCUT2D eigenvalue weighted by Gasteiger charge is -2.58. The fourth-order valence-electron chi connectivity index (χ4n) is 7.11. The molecule has 0 radical (unpaired) electrons. The molecule has 19 heteroatoms. The standard InChI is InChI=1S/C43H86O19/c1-23-31-42(59-38(13,47-19)53-27-5,60-39(14,48-20)54-28-6)34(9,57-36(11,45-17)51-25-3)33(44)35(10,58-37(12,46-18)52-26-4)43(32-24-2,61-40(15,49-21)55-29-7)62-41(16,50-22)56-30-8/h23-32H2,1-22H3. The van der Waals surface area contributed by atoms with Crippen LogP contribution >= 0.6 is 0 Å². The summed E-state index contributed by atoms with van der Waals surface area (Å²) in [4.78, 5) is 17.1. The summed E-state index contributed by atoms with van der Waals surface area (Å²) < 4.78 is 114. The van der Waals surface area contributed by atoms with Gasteiger partial charge in [-0.3, -0.25) is 23.7 Å². The second-order valence-corrected chi connectivity index (χ2v) is 15.0. The minimum atomic E-state index is -2.55. The third-order valence-electron chi connectivity index (χ3n) is 10.3. The SMILES string of the molecule is CCCC(OC(C)(OC)OCC)(OC(C)(OC)OCC)C(C)(OC(C)(OC)OCC)C(=O)C(C)(OC(C)(OC)OCC)C(CCC)(OC(C)(OC)OCC)OC(C)(OC)OCC. The highest BCUT2D eigenvalue weighted by atomic mass is 17.0. The normalized spacial score (nSPS) is 22.3. The van der Waals surface area contributed by atoms with Gasteiger partial charge in [0.2, 0.25) is 17.4 Å². The zero-order valence-corrected chi connectivity index (χ0v) is 42.3. The first kappa shape index (κ1) is 60.9. The smallest absolute Gasteiger partial charge is 0.282 e. The summed E-state index contributed by atoms with van der Waals surface area (Å²) >= 11 is 0. The third-order valence-corrected chi connectivity index (χ3v) is 10.3. The van der Waals surface area contributed by atoms with Crippen LogP contribution in [0.5, 0.6) is 0 Å². The molecular formula is C43H86O19. The van der Waals surface area contributed by atoms with Crippen molar-refractivity contribution in [2.45, 2.75) is 195 Å². The van der Waals surface area contributed by atoms with E-state index in [-0.39, 0.29) is 65.3 Å². The number of rotatable bonds is 38. The van der Waals surface area contributed by atoms with Gasteiger partial charge in [-0.2, -0.15) is 0 Å². The van der Waals surface area contributed by atoms with Gasteiger partial charge in [0.15, 0.2) is 11.2 Å². The Morgan fingerprint density at radius 3 is 0.645 bits per heavy atom. The van der Waals surface area contributed by atoms with Gasteiger partial charge in [0.05, 0.1) is 0 Å². The van der Waals surface area contributed by atoms with E-state index in [0.717, 1.165) is 0 Å².